The fourth-order valence-electron chi connectivity index (χ4n) is 6.32. The van der Waals surface area contributed by atoms with E-state index in [1.165, 1.54) is 4.90 Å². The van der Waals surface area contributed by atoms with Crippen molar-refractivity contribution in [2.45, 2.75) is 56.0 Å². The van der Waals surface area contributed by atoms with E-state index in [0.29, 0.717) is 25.1 Å². The molecule has 4 amide bonds. The van der Waals surface area contributed by atoms with Gasteiger partial charge >= 0.3 is 0 Å². The van der Waals surface area contributed by atoms with Crippen molar-refractivity contribution in [1.82, 2.24) is 30.3 Å². The van der Waals surface area contributed by atoms with Crippen molar-refractivity contribution >= 4 is 40.2 Å². The van der Waals surface area contributed by atoms with Crippen LogP contribution in [0.15, 0.2) is 66.9 Å². The summed E-state index contributed by atoms with van der Waals surface area (Å²) in [6, 6.07) is 16.9. The highest BCUT2D eigenvalue weighted by molar-refractivity contribution is 5.99. The second kappa shape index (κ2) is 14.8. The predicted octanol–water partition coefficient (Wildman–Crippen LogP) is 1.00. The quantitative estimate of drug-likeness (QED) is 0.246. The Labute approximate surface area is 269 Å². The molecule has 0 spiro atoms. The smallest absolute Gasteiger partial charge is 0.249 e. The van der Waals surface area contributed by atoms with Crippen molar-refractivity contribution in [2.75, 3.05) is 46.1 Å². The average molecular weight is 630 g/mol. The molecular formula is C34H43N7O5. The van der Waals surface area contributed by atoms with Gasteiger partial charge in [0.2, 0.25) is 23.6 Å². The molecule has 2 aliphatic rings. The Bertz CT molecular complexity index is 1550. The summed E-state index contributed by atoms with van der Waals surface area (Å²) in [6.45, 7) is 0.859. The number of hydrogen-bond donors (Lipinski definition) is 4. The molecule has 0 radical (unpaired) electrons. The number of nitrogens with one attached hydrogen (secondary N) is 3. The van der Waals surface area contributed by atoms with Gasteiger partial charge in [0.1, 0.15) is 12.1 Å². The van der Waals surface area contributed by atoms with E-state index in [4.69, 9.17) is 0 Å². The van der Waals surface area contributed by atoms with E-state index < -0.39 is 30.1 Å². The fraction of sp³-hybridized carbons (Fsp3) is 0.441. The number of carbonyl (C=O) groups is 4. The van der Waals surface area contributed by atoms with Crippen molar-refractivity contribution in [3.63, 3.8) is 0 Å². The molecule has 12 heteroatoms. The number of carbonyl (C=O) groups excluding carboxylic acids is 4. The van der Waals surface area contributed by atoms with Crippen molar-refractivity contribution in [3.05, 3.63) is 72.4 Å². The lowest BCUT2D eigenvalue weighted by molar-refractivity contribution is -0.140. The van der Waals surface area contributed by atoms with Crippen molar-refractivity contribution in [1.29, 1.82) is 0 Å². The molecule has 5 atom stereocenters. The van der Waals surface area contributed by atoms with Gasteiger partial charge in [-0.05, 0) is 64.5 Å². The summed E-state index contributed by atoms with van der Waals surface area (Å²) in [7, 11) is 5.46. The number of nitrogens with zero attached hydrogens (tertiary/aromatic N) is 4. The summed E-state index contributed by atoms with van der Waals surface area (Å²) in [5.74, 6) is -1.28. The summed E-state index contributed by atoms with van der Waals surface area (Å²) in [4.78, 5) is 62.8. The Morgan fingerprint density at radius 3 is 2.41 bits per heavy atom. The lowest BCUT2D eigenvalue weighted by atomic mass is 10.1. The first kappa shape index (κ1) is 33.0. The highest BCUT2D eigenvalue weighted by atomic mass is 16.3. The molecule has 1 aromatic heterocycles. The molecule has 2 aliphatic heterocycles. The number of anilines is 1. The molecule has 2 saturated heterocycles. The van der Waals surface area contributed by atoms with Crippen LogP contribution in [0.2, 0.25) is 0 Å². The van der Waals surface area contributed by atoms with Gasteiger partial charge in [-0.3, -0.25) is 29.1 Å². The first-order chi connectivity index (χ1) is 22.1. The molecule has 5 rings (SSSR count). The van der Waals surface area contributed by atoms with Gasteiger partial charge in [0.05, 0.1) is 30.0 Å². The number of pyridine rings is 1. The lowest BCUT2D eigenvalue weighted by Crippen LogP contribution is -2.50. The number of para-hydroxylation sites is 1. The van der Waals surface area contributed by atoms with E-state index in [2.05, 4.69) is 20.9 Å². The number of likely N-dealkylation sites (tertiary alicyclic amines) is 2. The number of likely N-dealkylation sites (N-methyl/N-ethyl adjacent to an activating group) is 2. The largest absolute Gasteiger partial charge is 0.383 e. The van der Waals surface area contributed by atoms with Gasteiger partial charge in [0, 0.05) is 30.6 Å². The van der Waals surface area contributed by atoms with Gasteiger partial charge in [0.15, 0.2) is 0 Å². The van der Waals surface area contributed by atoms with E-state index in [0.717, 1.165) is 16.5 Å². The zero-order valence-corrected chi connectivity index (χ0v) is 26.6. The molecule has 3 heterocycles. The molecule has 3 aromatic rings. The second-order valence-corrected chi connectivity index (χ2v) is 12.6. The van der Waals surface area contributed by atoms with E-state index in [9.17, 15) is 24.3 Å². The van der Waals surface area contributed by atoms with Gasteiger partial charge in [-0.25, -0.2) is 0 Å². The predicted molar refractivity (Wildman–Crippen MR) is 175 cm³/mol. The number of hydrogen-bond acceptors (Lipinski definition) is 8. The second-order valence-electron chi connectivity index (χ2n) is 12.6. The van der Waals surface area contributed by atoms with Crippen LogP contribution in [0.4, 0.5) is 5.69 Å². The maximum absolute atomic E-state index is 14.0. The Hall–Kier alpha value is -4.39. The van der Waals surface area contributed by atoms with Crippen molar-refractivity contribution in [3.8, 4) is 0 Å². The fourth-order valence-corrected chi connectivity index (χ4v) is 6.32. The molecule has 0 saturated carbocycles. The van der Waals surface area contributed by atoms with Crippen LogP contribution < -0.4 is 16.0 Å². The summed E-state index contributed by atoms with van der Waals surface area (Å²) in [5, 5.41) is 20.3. The van der Waals surface area contributed by atoms with Crippen molar-refractivity contribution in [2.24, 2.45) is 0 Å². The topological polar surface area (TPSA) is 147 Å². The first-order valence-electron chi connectivity index (χ1n) is 15.7. The van der Waals surface area contributed by atoms with Crippen molar-refractivity contribution < 1.29 is 24.3 Å². The molecule has 46 heavy (non-hydrogen) atoms. The van der Waals surface area contributed by atoms with Gasteiger partial charge in [-0.1, -0.05) is 48.5 Å². The molecule has 4 N–H and O–H groups in total. The van der Waals surface area contributed by atoms with Gasteiger partial charge in [0.25, 0.3) is 0 Å². The minimum atomic E-state index is -1.23. The number of aliphatic hydroxyl groups is 1. The zero-order valence-electron chi connectivity index (χ0n) is 26.6. The summed E-state index contributed by atoms with van der Waals surface area (Å²) in [6.07, 6.45) is 1.73. The van der Waals surface area contributed by atoms with Crippen LogP contribution in [-0.2, 0) is 25.6 Å². The Morgan fingerprint density at radius 1 is 0.957 bits per heavy atom. The van der Waals surface area contributed by atoms with Crippen LogP contribution in [0.3, 0.4) is 0 Å². The molecular weight excluding hydrogens is 586 g/mol. The standard InChI is InChI=1S/C34H43N7O5/c1-39(2)21-31(43)36-25-17-29(40(3)19-25)34(46)41-20-26(38-33(45)30(42)14-13-22-9-5-4-6-10-22)16-28(41)32(44)37-24-15-23-11-7-8-12-27(23)35-18-24/h4-12,15,18,25-26,28-30,42H,13-14,16-17,19-21H2,1-3H3,(H,36,43)(H,37,44)(H,38,45)/t25-,26-,28+,29+,30-/m1/s1. The maximum Gasteiger partial charge on any atom is 0.249 e. The number of aryl methyl sites for hydroxylation is 1. The van der Waals surface area contributed by atoms with Crippen LogP contribution in [0, 0.1) is 0 Å². The van der Waals surface area contributed by atoms with E-state index in [-0.39, 0.29) is 49.7 Å². The monoisotopic (exact) mass is 629 g/mol. The van der Waals surface area contributed by atoms with Crippen LogP contribution in [0.1, 0.15) is 24.8 Å². The van der Waals surface area contributed by atoms with Crippen LogP contribution in [0.25, 0.3) is 10.9 Å². The number of aromatic nitrogens is 1. The number of benzene rings is 2. The normalized spacial score (nSPS) is 22.2. The zero-order chi connectivity index (χ0) is 32.8. The first-order valence-corrected chi connectivity index (χ1v) is 15.7. The number of rotatable bonds is 11. The minimum Gasteiger partial charge on any atom is -0.383 e. The van der Waals surface area contributed by atoms with Gasteiger partial charge in [-0.15, -0.1) is 0 Å². The minimum absolute atomic E-state index is 0.117. The Morgan fingerprint density at radius 2 is 1.65 bits per heavy atom. The molecule has 2 fully saturated rings. The molecule has 12 nitrogen and oxygen atoms in total. The van der Waals surface area contributed by atoms with E-state index in [1.54, 1.807) is 11.1 Å². The summed E-state index contributed by atoms with van der Waals surface area (Å²) in [5.41, 5.74) is 2.31. The Balaban J connectivity index is 1.28. The van der Waals surface area contributed by atoms with Crippen LogP contribution in [0.5, 0.6) is 0 Å². The summed E-state index contributed by atoms with van der Waals surface area (Å²) >= 11 is 0. The van der Waals surface area contributed by atoms with Gasteiger partial charge in [-0.2, -0.15) is 0 Å². The maximum atomic E-state index is 14.0. The SMILES string of the molecule is CN(C)CC(=O)N[C@@H]1C[C@@H](C(=O)N2C[C@H](NC(=O)[C@H](O)CCc3ccccc3)C[C@H]2C(=O)Nc2cnc3ccccc3c2)N(C)C1. The molecule has 244 valence electrons. The summed E-state index contributed by atoms with van der Waals surface area (Å²) < 4.78 is 0. The van der Waals surface area contributed by atoms with Crippen LogP contribution in [-0.4, -0.2) is 119 Å². The Kier molecular flexibility index (Phi) is 10.6. The third-order valence-corrected chi connectivity index (χ3v) is 8.60. The third-order valence-electron chi connectivity index (χ3n) is 8.60. The van der Waals surface area contributed by atoms with Crippen LogP contribution >= 0.6 is 0 Å². The van der Waals surface area contributed by atoms with E-state index >= 15 is 0 Å². The van der Waals surface area contributed by atoms with Gasteiger partial charge < -0.3 is 30.9 Å². The lowest BCUT2D eigenvalue weighted by Gasteiger charge is -2.29. The molecule has 0 aliphatic carbocycles. The average Bonchev–Trinajstić information content (AvgIpc) is 3.62. The van der Waals surface area contributed by atoms with E-state index in [1.807, 2.05) is 86.7 Å². The molecule has 0 bridgehead atoms. The number of amides is 4. The highest BCUT2D eigenvalue weighted by Crippen LogP contribution is 2.26. The highest BCUT2D eigenvalue weighted by Gasteiger charge is 2.45. The third kappa shape index (κ3) is 8.25. The molecule has 0 unspecified atom stereocenters. The molecule has 2 aromatic carbocycles. The number of aliphatic hydroxyl groups excluding tert-OH is 1. The number of fused-ring (bicyclic) bond motifs is 1.